The highest BCUT2D eigenvalue weighted by atomic mass is 35.5. The molecule has 1 aromatic heterocycles. The molecule has 9 heteroatoms. The molecule has 0 fully saturated rings. The van der Waals surface area contributed by atoms with Crippen LogP contribution in [0.3, 0.4) is 0 Å². The molecule has 2 aromatic carbocycles. The molecule has 0 bridgehead atoms. The lowest BCUT2D eigenvalue weighted by molar-refractivity contribution is -0.118. The highest BCUT2D eigenvalue weighted by molar-refractivity contribution is 7.99. The first-order chi connectivity index (χ1) is 15.4. The minimum Gasteiger partial charge on any atom is -0.382 e. The number of hydrogen-bond donors (Lipinski definition) is 1. The number of benzene rings is 2. The maximum Gasteiger partial charge on any atom is 0.262 e. The van der Waals surface area contributed by atoms with Gasteiger partial charge < -0.3 is 10.1 Å². The van der Waals surface area contributed by atoms with Gasteiger partial charge in [-0.2, -0.15) is 0 Å². The number of nitrogens with zero attached hydrogens (tertiary/aromatic N) is 2. The fourth-order valence-corrected chi connectivity index (χ4v) is 4.10. The Bertz CT molecular complexity index is 1170. The normalized spacial score (nSPS) is 11.1. The van der Waals surface area contributed by atoms with Crippen molar-refractivity contribution >= 4 is 40.2 Å². The summed E-state index contributed by atoms with van der Waals surface area (Å²) in [6.45, 7) is 5.38. The van der Waals surface area contributed by atoms with Crippen LogP contribution in [0.4, 0.5) is 4.39 Å². The van der Waals surface area contributed by atoms with Gasteiger partial charge in [0.1, 0.15) is 5.82 Å². The summed E-state index contributed by atoms with van der Waals surface area (Å²) in [6, 6.07) is 9.82. The van der Waals surface area contributed by atoms with Gasteiger partial charge in [-0.1, -0.05) is 35.5 Å². The Kier molecular flexibility index (Phi) is 8.67. The first kappa shape index (κ1) is 24.2. The average Bonchev–Trinajstić information content (AvgIpc) is 2.77. The third-order valence-corrected chi connectivity index (χ3v) is 6.03. The molecule has 0 radical (unpaired) electrons. The summed E-state index contributed by atoms with van der Waals surface area (Å²) in [7, 11) is 0. The highest BCUT2D eigenvalue weighted by Crippen LogP contribution is 2.21. The molecule has 170 valence electrons. The lowest BCUT2D eigenvalue weighted by atomic mass is 10.1. The van der Waals surface area contributed by atoms with Gasteiger partial charge in [0.25, 0.3) is 5.56 Å². The van der Waals surface area contributed by atoms with Gasteiger partial charge in [-0.25, -0.2) is 9.37 Å². The molecule has 0 aliphatic heterocycles. The van der Waals surface area contributed by atoms with Gasteiger partial charge in [0.15, 0.2) is 5.16 Å². The average molecular weight is 478 g/mol. The van der Waals surface area contributed by atoms with E-state index in [0.29, 0.717) is 58.4 Å². The molecule has 0 saturated carbocycles. The van der Waals surface area contributed by atoms with E-state index in [1.807, 2.05) is 6.92 Å². The number of carbonyl (C=O) groups is 1. The third-order valence-electron chi connectivity index (χ3n) is 4.82. The van der Waals surface area contributed by atoms with Gasteiger partial charge in [-0.05, 0) is 55.7 Å². The summed E-state index contributed by atoms with van der Waals surface area (Å²) in [5.41, 5.74) is 1.54. The van der Waals surface area contributed by atoms with Gasteiger partial charge in [0, 0.05) is 31.3 Å². The summed E-state index contributed by atoms with van der Waals surface area (Å²) in [6.07, 6.45) is 0.646. The number of ether oxygens (including phenoxy) is 1. The first-order valence-electron chi connectivity index (χ1n) is 10.3. The zero-order chi connectivity index (χ0) is 23.1. The fraction of sp³-hybridized carbons (Fsp3) is 0.348. The number of carbonyl (C=O) groups excluding carboxylic acids is 1. The standard InChI is InChI=1S/C23H25ClFN3O3S/c1-3-31-10-4-9-28-22(30)18-8-7-17(24)12-20(18)27-23(28)32-14-21(29)26-13-16-6-5-15(2)19(25)11-16/h5-8,11-12H,3-4,9-10,13-14H2,1-2H3,(H,26,29). The highest BCUT2D eigenvalue weighted by Gasteiger charge is 2.14. The number of thioether (sulfide) groups is 1. The summed E-state index contributed by atoms with van der Waals surface area (Å²) >= 11 is 7.24. The van der Waals surface area contributed by atoms with E-state index in [2.05, 4.69) is 10.3 Å². The number of aryl methyl sites for hydroxylation is 1. The van der Waals surface area contributed by atoms with Crippen LogP contribution in [0.2, 0.25) is 5.02 Å². The molecule has 1 amide bonds. The smallest absolute Gasteiger partial charge is 0.262 e. The molecule has 3 aromatic rings. The number of amides is 1. The zero-order valence-electron chi connectivity index (χ0n) is 18.0. The number of fused-ring (bicyclic) bond motifs is 1. The second kappa shape index (κ2) is 11.4. The SMILES string of the molecule is CCOCCCn1c(SCC(=O)NCc2ccc(C)c(F)c2)nc2cc(Cl)ccc2c1=O. The number of halogens is 2. The molecule has 0 atom stereocenters. The van der Waals surface area contributed by atoms with Crippen molar-refractivity contribution in [2.75, 3.05) is 19.0 Å². The van der Waals surface area contributed by atoms with Gasteiger partial charge in [0.2, 0.25) is 5.91 Å². The maximum atomic E-state index is 13.7. The van der Waals surface area contributed by atoms with E-state index in [-0.39, 0.29) is 29.6 Å². The second-order valence-corrected chi connectivity index (χ2v) is 8.59. The van der Waals surface area contributed by atoms with E-state index in [1.165, 1.54) is 17.8 Å². The van der Waals surface area contributed by atoms with E-state index >= 15 is 0 Å². The van der Waals surface area contributed by atoms with Crippen molar-refractivity contribution in [3.63, 3.8) is 0 Å². The Morgan fingerprint density at radius 3 is 2.84 bits per heavy atom. The number of rotatable bonds is 10. The number of nitrogens with one attached hydrogen (secondary N) is 1. The molecule has 0 aliphatic carbocycles. The van der Waals surface area contributed by atoms with Gasteiger partial charge in [0.05, 0.1) is 16.7 Å². The minimum absolute atomic E-state index is 0.0678. The summed E-state index contributed by atoms with van der Waals surface area (Å²) in [5, 5.41) is 4.17. The molecule has 0 saturated heterocycles. The molecular weight excluding hydrogens is 453 g/mol. The van der Waals surface area contributed by atoms with Crippen LogP contribution >= 0.6 is 23.4 Å². The third kappa shape index (κ3) is 6.31. The lowest BCUT2D eigenvalue weighted by Gasteiger charge is -2.13. The Balaban J connectivity index is 1.72. The number of hydrogen-bond acceptors (Lipinski definition) is 5. The van der Waals surface area contributed by atoms with Crippen LogP contribution in [-0.2, 0) is 22.6 Å². The van der Waals surface area contributed by atoms with Crippen LogP contribution in [0, 0.1) is 12.7 Å². The summed E-state index contributed by atoms with van der Waals surface area (Å²) in [5.74, 6) is -0.475. The molecule has 32 heavy (non-hydrogen) atoms. The fourth-order valence-electron chi connectivity index (χ4n) is 3.08. The van der Waals surface area contributed by atoms with E-state index in [1.54, 1.807) is 41.8 Å². The van der Waals surface area contributed by atoms with Crippen LogP contribution in [0.15, 0.2) is 46.3 Å². The first-order valence-corrected chi connectivity index (χ1v) is 11.7. The number of aromatic nitrogens is 2. The predicted octanol–water partition coefficient (Wildman–Crippen LogP) is 4.33. The van der Waals surface area contributed by atoms with Crippen LogP contribution in [0.25, 0.3) is 10.9 Å². The van der Waals surface area contributed by atoms with Crippen molar-refractivity contribution in [2.45, 2.75) is 38.5 Å². The largest absolute Gasteiger partial charge is 0.382 e. The molecule has 3 rings (SSSR count). The molecule has 0 spiro atoms. The van der Waals surface area contributed by atoms with E-state index in [9.17, 15) is 14.0 Å². The van der Waals surface area contributed by atoms with Crippen LogP contribution in [0.1, 0.15) is 24.5 Å². The molecular formula is C23H25ClFN3O3S. The van der Waals surface area contributed by atoms with Gasteiger partial charge in [-0.3, -0.25) is 14.2 Å². The van der Waals surface area contributed by atoms with Gasteiger partial charge >= 0.3 is 0 Å². The summed E-state index contributed by atoms with van der Waals surface area (Å²) in [4.78, 5) is 30.0. The van der Waals surface area contributed by atoms with Crippen molar-refractivity contribution in [3.8, 4) is 0 Å². The predicted molar refractivity (Wildman–Crippen MR) is 126 cm³/mol. The van der Waals surface area contributed by atoms with Crippen LogP contribution in [-0.4, -0.2) is 34.4 Å². The van der Waals surface area contributed by atoms with Crippen molar-refractivity contribution in [1.29, 1.82) is 0 Å². The quantitative estimate of drug-likeness (QED) is 0.267. The van der Waals surface area contributed by atoms with Gasteiger partial charge in [-0.15, -0.1) is 0 Å². The Morgan fingerprint density at radius 2 is 2.09 bits per heavy atom. The van der Waals surface area contributed by atoms with Crippen molar-refractivity contribution < 1.29 is 13.9 Å². The Labute approximate surface area is 195 Å². The maximum absolute atomic E-state index is 13.7. The topological polar surface area (TPSA) is 73.2 Å². The molecule has 0 unspecified atom stereocenters. The molecule has 1 N–H and O–H groups in total. The summed E-state index contributed by atoms with van der Waals surface area (Å²) < 4.78 is 20.6. The van der Waals surface area contributed by atoms with E-state index < -0.39 is 0 Å². The van der Waals surface area contributed by atoms with Crippen molar-refractivity contribution in [1.82, 2.24) is 14.9 Å². The van der Waals surface area contributed by atoms with Crippen LogP contribution in [0.5, 0.6) is 0 Å². The second-order valence-electron chi connectivity index (χ2n) is 7.21. The molecule has 6 nitrogen and oxygen atoms in total. The lowest BCUT2D eigenvalue weighted by Crippen LogP contribution is -2.27. The minimum atomic E-state index is -0.304. The Morgan fingerprint density at radius 1 is 1.28 bits per heavy atom. The van der Waals surface area contributed by atoms with E-state index in [0.717, 1.165) is 0 Å². The molecule has 0 aliphatic rings. The van der Waals surface area contributed by atoms with Crippen molar-refractivity contribution in [3.05, 3.63) is 68.7 Å². The monoisotopic (exact) mass is 477 g/mol. The Hall–Kier alpha value is -2.42. The zero-order valence-corrected chi connectivity index (χ0v) is 19.6. The molecule has 1 heterocycles. The van der Waals surface area contributed by atoms with Crippen LogP contribution < -0.4 is 10.9 Å². The van der Waals surface area contributed by atoms with Crippen molar-refractivity contribution in [2.24, 2.45) is 0 Å². The van der Waals surface area contributed by atoms with E-state index in [4.69, 9.17) is 16.3 Å².